The molecule has 0 aliphatic carbocycles. The highest BCUT2D eigenvalue weighted by Gasteiger charge is 2.28. The number of hydrogen-bond donors (Lipinski definition) is 0. The fourth-order valence-electron chi connectivity index (χ4n) is 4.12. The second-order valence-corrected chi connectivity index (χ2v) is 8.96. The Hall–Kier alpha value is -2.47. The molecule has 29 heavy (non-hydrogen) atoms. The Labute approximate surface area is 176 Å². The van der Waals surface area contributed by atoms with Crippen molar-refractivity contribution < 1.29 is 4.79 Å². The van der Waals surface area contributed by atoms with Gasteiger partial charge in [-0.05, 0) is 52.5 Å². The van der Waals surface area contributed by atoms with E-state index in [0.717, 1.165) is 52.9 Å². The SMILES string of the molecule is Cc1nc(-n2nc(C)c(Cc3ccccc3)c2C)sc1C(=O)N1CCCCC1C. The first-order valence-electron chi connectivity index (χ1n) is 10.3. The quantitative estimate of drug-likeness (QED) is 0.619. The molecule has 5 nitrogen and oxygen atoms in total. The number of aryl methyl sites for hydroxylation is 2. The van der Waals surface area contributed by atoms with Gasteiger partial charge in [-0.25, -0.2) is 9.67 Å². The average Bonchev–Trinajstić information content (AvgIpc) is 3.23. The second-order valence-electron chi connectivity index (χ2n) is 7.98. The number of carbonyl (C=O) groups excluding carboxylic acids is 1. The summed E-state index contributed by atoms with van der Waals surface area (Å²) in [7, 11) is 0. The van der Waals surface area contributed by atoms with Gasteiger partial charge in [0.05, 0.1) is 11.4 Å². The Morgan fingerprint density at radius 3 is 2.62 bits per heavy atom. The van der Waals surface area contributed by atoms with Crippen LogP contribution in [0, 0.1) is 20.8 Å². The molecule has 1 unspecified atom stereocenters. The lowest BCUT2D eigenvalue weighted by atomic mass is 10.0. The van der Waals surface area contributed by atoms with Gasteiger partial charge in [-0.3, -0.25) is 4.79 Å². The Kier molecular flexibility index (Phi) is 5.54. The van der Waals surface area contributed by atoms with Gasteiger partial charge in [0.15, 0.2) is 0 Å². The summed E-state index contributed by atoms with van der Waals surface area (Å²) in [6.07, 6.45) is 4.21. The minimum atomic E-state index is 0.115. The zero-order valence-corrected chi connectivity index (χ0v) is 18.4. The first-order valence-corrected chi connectivity index (χ1v) is 11.1. The topological polar surface area (TPSA) is 51.0 Å². The van der Waals surface area contributed by atoms with E-state index in [-0.39, 0.29) is 5.91 Å². The van der Waals surface area contributed by atoms with Crippen LogP contribution >= 0.6 is 11.3 Å². The van der Waals surface area contributed by atoms with Gasteiger partial charge in [-0.15, -0.1) is 0 Å². The minimum absolute atomic E-state index is 0.115. The van der Waals surface area contributed by atoms with Crippen LogP contribution in [0.2, 0.25) is 0 Å². The lowest BCUT2D eigenvalue weighted by molar-refractivity contribution is 0.0639. The van der Waals surface area contributed by atoms with E-state index in [0.29, 0.717) is 6.04 Å². The van der Waals surface area contributed by atoms with Crippen molar-refractivity contribution in [2.45, 2.75) is 59.4 Å². The maximum absolute atomic E-state index is 13.1. The first-order chi connectivity index (χ1) is 14.0. The number of piperidine rings is 1. The summed E-state index contributed by atoms with van der Waals surface area (Å²) < 4.78 is 1.90. The third-order valence-electron chi connectivity index (χ3n) is 5.89. The Balaban J connectivity index is 1.64. The summed E-state index contributed by atoms with van der Waals surface area (Å²) in [5.41, 5.74) is 5.39. The maximum Gasteiger partial charge on any atom is 0.266 e. The number of aromatic nitrogens is 3. The molecule has 1 aliphatic heterocycles. The number of amides is 1. The van der Waals surface area contributed by atoms with Crippen molar-refractivity contribution in [1.29, 1.82) is 0 Å². The zero-order chi connectivity index (χ0) is 20.5. The molecule has 152 valence electrons. The molecule has 1 saturated heterocycles. The highest BCUT2D eigenvalue weighted by atomic mass is 32.1. The summed E-state index contributed by atoms with van der Waals surface area (Å²) in [5, 5.41) is 5.53. The van der Waals surface area contributed by atoms with E-state index >= 15 is 0 Å². The fourth-order valence-corrected chi connectivity index (χ4v) is 5.15. The number of carbonyl (C=O) groups is 1. The molecule has 4 rings (SSSR count). The van der Waals surface area contributed by atoms with Crippen molar-refractivity contribution in [1.82, 2.24) is 19.7 Å². The van der Waals surface area contributed by atoms with E-state index in [4.69, 9.17) is 10.1 Å². The standard InChI is InChI=1S/C23H28N4OS/c1-15-10-8-9-13-26(15)22(28)21-17(3)24-23(29-21)27-18(4)20(16(2)25-27)14-19-11-6-5-7-12-19/h5-7,11-12,15H,8-10,13-14H2,1-4H3. The van der Waals surface area contributed by atoms with Crippen molar-refractivity contribution in [3.63, 3.8) is 0 Å². The molecule has 1 fully saturated rings. The normalized spacial score (nSPS) is 17.0. The van der Waals surface area contributed by atoms with E-state index in [1.54, 1.807) is 0 Å². The van der Waals surface area contributed by atoms with Gasteiger partial charge in [-0.2, -0.15) is 5.10 Å². The van der Waals surface area contributed by atoms with E-state index in [1.807, 2.05) is 29.5 Å². The number of hydrogen-bond acceptors (Lipinski definition) is 4. The zero-order valence-electron chi connectivity index (χ0n) is 17.6. The number of rotatable bonds is 4. The molecule has 1 atom stereocenters. The number of benzene rings is 1. The number of likely N-dealkylation sites (tertiary alicyclic amines) is 1. The van der Waals surface area contributed by atoms with Gasteiger partial charge in [0, 0.05) is 30.3 Å². The highest BCUT2D eigenvalue weighted by molar-refractivity contribution is 7.16. The smallest absolute Gasteiger partial charge is 0.266 e. The molecular weight excluding hydrogens is 380 g/mol. The second kappa shape index (κ2) is 8.11. The predicted molar refractivity (Wildman–Crippen MR) is 117 cm³/mol. The fraction of sp³-hybridized carbons (Fsp3) is 0.435. The monoisotopic (exact) mass is 408 g/mol. The molecule has 0 radical (unpaired) electrons. The van der Waals surface area contributed by atoms with Crippen LogP contribution < -0.4 is 0 Å². The van der Waals surface area contributed by atoms with Crippen LogP contribution in [0.1, 0.15) is 64.1 Å². The van der Waals surface area contributed by atoms with Crippen molar-refractivity contribution in [2.24, 2.45) is 0 Å². The van der Waals surface area contributed by atoms with Crippen molar-refractivity contribution in [3.8, 4) is 5.13 Å². The molecule has 1 amide bonds. The van der Waals surface area contributed by atoms with Crippen molar-refractivity contribution >= 4 is 17.2 Å². The van der Waals surface area contributed by atoms with Gasteiger partial charge in [0.1, 0.15) is 4.88 Å². The van der Waals surface area contributed by atoms with E-state index in [9.17, 15) is 4.79 Å². The maximum atomic E-state index is 13.1. The van der Waals surface area contributed by atoms with E-state index < -0.39 is 0 Å². The number of nitrogens with zero attached hydrogens (tertiary/aromatic N) is 4. The lowest BCUT2D eigenvalue weighted by Crippen LogP contribution is -2.41. The van der Waals surface area contributed by atoms with E-state index in [2.05, 4.69) is 38.1 Å². The molecular formula is C23H28N4OS. The number of thiazole rings is 1. The van der Waals surface area contributed by atoms with E-state index in [1.165, 1.54) is 28.9 Å². The van der Waals surface area contributed by atoms with Crippen LogP contribution in [-0.2, 0) is 6.42 Å². The van der Waals surface area contributed by atoms with Crippen LogP contribution in [0.25, 0.3) is 5.13 Å². The van der Waals surface area contributed by atoms with Crippen LogP contribution in [0.3, 0.4) is 0 Å². The van der Waals surface area contributed by atoms with Crippen LogP contribution in [-0.4, -0.2) is 38.2 Å². The van der Waals surface area contributed by atoms with Crippen LogP contribution in [0.15, 0.2) is 30.3 Å². The highest BCUT2D eigenvalue weighted by Crippen LogP contribution is 2.28. The molecule has 6 heteroatoms. The van der Waals surface area contributed by atoms with Crippen LogP contribution in [0.4, 0.5) is 0 Å². The van der Waals surface area contributed by atoms with Crippen LogP contribution in [0.5, 0.6) is 0 Å². The van der Waals surface area contributed by atoms with Gasteiger partial charge in [0.2, 0.25) is 5.13 Å². The molecule has 0 bridgehead atoms. The summed E-state index contributed by atoms with van der Waals surface area (Å²) in [6.45, 7) is 9.05. The Morgan fingerprint density at radius 1 is 1.14 bits per heavy atom. The minimum Gasteiger partial charge on any atom is -0.335 e. The summed E-state index contributed by atoms with van der Waals surface area (Å²) in [6, 6.07) is 10.7. The Morgan fingerprint density at radius 2 is 1.90 bits per heavy atom. The lowest BCUT2D eigenvalue weighted by Gasteiger charge is -2.33. The third-order valence-corrected chi connectivity index (χ3v) is 7.01. The van der Waals surface area contributed by atoms with Gasteiger partial charge in [-0.1, -0.05) is 41.7 Å². The van der Waals surface area contributed by atoms with Crippen molar-refractivity contribution in [2.75, 3.05) is 6.54 Å². The van der Waals surface area contributed by atoms with Crippen molar-refractivity contribution in [3.05, 3.63) is 63.4 Å². The molecule has 2 aromatic heterocycles. The molecule has 0 N–H and O–H groups in total. The molecule has 1 aliphatic rings. The predicted octanol–water partition coefficient (Wildman–Crippen LogP) is 4.86. The van der Waals surface area contributed by atoms with Gasteiger partial charge < -0.3 is 4.90 Å². The van der Waals surface area contributed by atoms with Gasteiger partial charge >= 0.3 is 0 Å². The summed E-state index contributed by atoms with van der Waals surface area (Å²) in [4.78, 5) is 20.6. The molecule has 0 spiro atoms. The largest absolute Gasteiger partial charge is 0.335 e. The summed E-state index contributed by atoms with van der Waals surface area (Å²) >= 11 is 1.46. The molecule has 3 heterocycles. The molecule has 0 saturated carbocycles. The average molecular weight is 409 g/mol. The first kappa shape index (κ1) is 19.8. The third kappa shape index (κ3) is 3.86. The summed E-state index contributed by atoms with van der Waals surface area (Å²) in [5.74, 6) is 0.115. The Bertz CT molecular complexity index is 1020. The molecule has 1 aromatic carbocycles. The van der Waals surface area contributed by atoms with Gasteiger partial charge in [0.25, 0.3) is 5.91 Å². The molecule has 3 aromatic rings.